The van der Waals surface area contributed by atoms with E-state index in [0.717, 1.165) is 23.8 Å². The number of nitrogens with one attached hydrogen (secondary N) is 3. The van der Waals surface area contributed by atoms with Gasteiger partial charge >= 0.3 is 0 Å². The number of carbonyl (C=O) groups excluding carboxylic acids is 2. The molecule has 0 radical (unpaired) electrons. The molecule has 0 aromatic heterocycles. The van der Waals surface area contributed by atoms with Gasteiger partial charge < -0.3 is 26.8 Å². The van der Waals surface area contributed by atoms with Gasteiger partial charge in [0.2, 0.25) is 11.8 Å². The second-order valence-electron chi connectivity index (χ2n) is 10.6. The van der Waals surface area contributed by atoms with Crippen molar-refractivity contribution >= 4 is 28.5 Å². The molecule has 0 aliphatic rings. The number of nitrogen functional groups attached to an aromatic ring is 1. The van der Waals surface area contributed by atoms with Crippen molar-refractivity contribution in [3.05, 3.63) is 95.6 Å². The molecule has 1 unspecified atom stereocenters. The van der Waals surface area contributed by atoms with Crippen molar-refractivity contribution in [3.63, 3.8) is 0 Å². The van der Waals surface area contributed by atoms with Gasteiger partial charge in [0.05, 0.1) is 30.1 Å². The predicted octanol–water partition coefficient (Wildman–Crippen LogP) is 2.52. The average Bonchev–Trinajstić information content (AvgIpc) is 2.95. The number of hydrogen-bond donors (Lipinski definition) is 5. The van der Waals surface area contributed by atoms with Crippen LogP contribution in [0.3, 0.4) is 0 Å². The van der Waals surface area contributed by atoms with E-state index in [4.69, 9.17) is 5.73 Å². The maximum absolute atomic E-state index is 13.4. The highest BCUT2D eigenvalue weighted by atomic mass is 32.2. The Kier molecular flexibility index (Phi) is 13.2. The van der Waals surface area contributed by atoms with E-state index in [2.05, 4.69) is 16.0 Å². The molecule has 3 aromatic rings. The molecule has 12 heteroatoms. The van der Waals surface area contributed by atoms with Crippen LogP contribution in [0, 0.1) is 17.6 Å². The molecular formula is C31H39F2N5O4S. The third-order valence-electron chi connectivity index (χ3n) is 6.37. The second kappa shape index (κ2) is 16.8. The summed E-state index contributed by atoms with van der Waals surface area (Å²) in [7, 11) is -1.58. The van der Waals surface area contributed by atoms with E-state index < -0.39 is 46.6 Å². The van der Waals surface area contributed by atoms with Crippen LogP contribution >= 0.6 is 0 Å². The number of benzene rings is 3. The van der Waals surface area contributed by atoms with Gasteiger partial charge in [-0.3, -0.25) is 9.59 Å². The zero-order chi connectivity index (χ0) is 31.4. The number of halogens is 2. The van der Waals surface area contributed by atoms with Crippen LogP contribution in [0.1, 0.15) is 25.0 Å². The second-order valence-corrected chi connectivity index (χ2v) is 12.1. The van der Waals surface area contributed by atoms with Crippen molar-refractivity contribution in [2.75, 3.05) is 31.9 Å². The van der Waals surface area contributed by atoms with Gasteiger partial charge in [-0.15, -0.1) is 0 Å². The van der Waals surface area contributed by atoms with Crippen LogP contribution < -0.4 is 21.7 Å². The molecule has 0 spiro atoms. The highest BCUT2D eigenvalue weighted by Gasteiger charge is 2.27. The smallest absolute Gasteiger partial charge is 0.239 e. The quantitative estimate of drug-likeness (QED) is 0.157. The van der Waals surface area contributed by atoms with Gasteiger partial charge in [-0.2, -0.15) is 0 Å². The minimum Gasteiger partial charge on any atom is -0.399 e. The predicted molar refractivity (Wildman–Crippen MR) is 163 cm³/mol. The molecule has 43 heavy (non-hydrogen) atoms. The zero-order valence-corrected chi connectivity index (χ0v) is 25.1. The molecule has 6 N–H and O–H groups in total. The summed E-state index contributed by atoms with van der Waals surface area (Å²) in [6.45, 7) is 3.95. The summed E-state index contributed by atoms with van der Waals surface area (Å²) in [5.41, 5.74) is 7.54. The van der Waals surface area contributed by atoms with Gasteiger partial charge in [0.1, 0.15) is 22.6 Å². The standard InChI is InChI=1S/C31H39F2N5O4S/c1-21(2)19-38(43(42)27-10-8-26(34)9-11-27)20-29(39)28(14-22-6-4-3-5-7-22)37-31(41)18-36-30(40)17-35-16-23-12-24(32)15-25(33)13-23/h3-13,15,21,28-29,35,39H,14,16-20,34H2,1-2H3,(H,36,40)(H,37,41)/t28-,29+,43?/m0/s1. The molecule has 2 amide bonds. The molecule has 0 fully saturated rings. The molecule has 0 saturated heterocycles. The topological polar surface area (TPSA) is 137 Å². The first kappa shape index (κ1) is 33.8. The van der Waals surface area contributed by atoms with Gasteiger partial charge in [-0.1, -0.05) is 44.2 Å². The summed E-state index contributed by atoms with van der Waals surface area (Å²) in [6, 6.07) is 18.4. The van der Waals surface area contributed by atoms with Crippen molar-refractivity contribution in [2.45, 2.75) is 43.9 Å². The highest BCUT2D eigenvalue weighted by molar-refractivity contribution is 7.82. The van der Waals surface area contributed by atoms with Crippen LogP contribution in [-0.2, 0) is 33.5 Å². The molecule has 232 valence electrons. The highest BCUT2D eigenvalue weighted by Crippen LogP contribution is 2.17. The molecule has 0 aliphatic heterocycles. The number of carbonyl (C=O) groups is 2. The number of anilines is 1. The minimum absolute atomic E-state index is 0.0178. The lowest BCUT2D eigenvalue weighted by Gasteiger charge is -2.30. The fourth-order valence-electron chi connectivity index (χ4n) is 4.37. The van der Waals surface area contributed by atoms with Gasteiger partial charge in [-0.05, 0) is 59.9 Å². The first-order chi connectivity index (χ1) is 20.5. The summed E-state index contributed by atoms with van der Waals surface area (Å²) in [4.78, 5) is 25.7. The molecule has 9 nitrogen and oxygen atoms in total. The van der Waals surface area contributed by atoms with Crippen LogP contribution in [0.5, 0.6) is 0 Å². The van der Waals surface area contributed by atoms with Crippen molar-refractivity contribution in [3.8, 4) is 0 Å². The Morgan fingerprint density at radius 1 is 0.907 bits per heavy atom. The molecule has 0 heterocycles. The van der Waals surface area contributed by atoms with E-state index >= 15 is 0 Å². The lowest BCUT2D eigenvalue weighted by Crippen LogP contribution is -2.52. The fraction of sp³-hybridized carbons (Fsp3) is 0.355. The first-order valence-electron chi connectivity index (χ1n) is 14.0. The Bertz CT molecular complexity index is 1340. The van der Waals surface area contributed by atoms with Crippen LogP contribution in [-0.4, -0.2) is 63.8 Å². The van der Waals surface area contributed by atoms with Gasteiger partial charge in [-0.25, -0.2) is 17.3 Å². The van der Waals surface area contributed by atoms with E-state index in [0.29, 0.717) is 29.1 Å². The summed E-state index contributed by atoms with van der Waals surface area (Å²) in [5, 5.41) is 19.4. The van der Waals surface area contributed by atoms with Crippen molar-refractivity contribution < 1.29 is 27.7 Å². The van der Waals surface area contributed by atoms with E-state index in [1.54, 1.807) is 28.6 Å². The molecular weight excluding hydrogens is 576 g/mol. The Hall–Kier alpha value is -3.71. The number of hydrogen-bond acceptors (Lipinski definition) is 6. The third-order valence-corrected chi connectivity index (χ3v) is 7.81. The van der Waals surface area contributed by atoms with Crippen molar-refractivity contribution in [1.82, 2.24) is 20.3 Å². The van der Waals surface area contributed by atoms with Gasteiger partial charge in [0, 0.05) is 31.4 Å². The molecule has 0 aliphatic carbocycles. The Labute approximate surface area is 253 Å². The largest absolute Gasteiger partial charge is 0.399 e. The average molecular weight is 616 g/mol. The Balaban J connectivity index is 1.61. The lowest BCUT2D eigenvalue weighted by atomic mass is 10.0. The summed E-state index contributed by atoms with van der Waals surface area (Å²) in [5.74, 6) is -2.29. The maximum atomic E-state index is 13.4. The Morgan fingerprint density at radius 2 is 1.56 bits per heavy atom. The number of amides is 2. The maximum Gasteiger partial charge on any atom is 0.239 e. The Morgan fingerprint density at radius 3 is 2.19 bits per heavy atom. The monoisotopic (exact) mass is 615 g/mol. The van der Waals surface area contributed by atoms with Gasteiger partial charge in [0.15, 0.2) is 0 Å². The molecule has 0 saturated carbocycles. The summed E-state index contributed by atoms with van der Waals surface area (Å²) in [6.07, 6.45) is -0.790. The van der Waals surface area contributed by atoms with Crippen LogP contribution in [0.2, 0.25) is 0 Å². The number of nitrogens with zero attached hydrogens (tertiary/aromatic N) is 1. The lowest BCUT2D eigenvalue weighted by molar-refractivity contribution is -0.126. The molecule has 3 atom stereocenters. The molecule has 0 bridgehead atoms. The van der Waals surface area contributed by atoms with Gasteiger partial charge in [0.25, 0.3) is 0 Å². The zero-order valence-electron chi connectivity index (χ0n) is 24.3. The van der Waals surface area contributed by atoms with E-state index in [9.17, 15) is 27.7 Å². The van der Waals surface area contributed by atoms with E-state index in [1.165, 1.54) is 0 Å². The normalized spacial score (nSPS) is 13.5. The number of rotatable bonds is 16. The van der Waals surface area contributed by atoms with E-state index in [-0.39, 0.29) is 32.1 Å². The summed E-state index contributed by atoms with van der Waals surface area (Å²) >= 11 is 0. The molecule has 3 rings (SSSR count). The van der Waals surface area contributed by atoms with Crippen LogP contribution in [0.15, 0.2) is 77.7 Å². The number of aliphatic hydroxyl groups excluding tert-OH is 1. The molecule has 3 aromatic carbocycles. The third kappa shape index (κ3) is 11.8. The van der Waals surface area contributed by atoms with Crippen molar-refractivity contribution in [2.24, 2.45) is 5.92 Å². The van der Waals surface area contributed by atoms with Crippen molar-refractivity contribution in [1.29, 1.82) is 0 Å². The van der Waals surface area contributed by atoms with Crippen LogP contribution in [0.4, 0.5) is 14.5 Å². The number of aliphatic hydroxyl groups is 1. The first-order valence-corrected chi connectivity index (χ1v) is 15.1. The number of nitrogens with two attached hydrogens (primary N) is 1. The summed E-state index contributed by atoms with van der Waals surface area (Å²) < 4.78 is 41.8. The SMILES string of the molecule is CC(C)CN(C[C@@H](O)[C@H](Cc1ccccc1)NC(=O)CNC(=O)CNCc1cc(F)cc(F)c1)S(=O)c1ccc(N)cc1. The van der Waals surface area contributed by atoms with E-state index in [1.807, 2.05) is 44.2 Å². The minimum atomic E-state index is -1.58. The van der Waals surface area contributed by atoms with Crippen LogP contribution in [0.25, 0.3) is 0 Å². The fourth-order valence-corrected chi connectivity index (χ4v) is 5.76.